The molecule has 2 N–H and O–H groups in total. The number of amides is 1. The van der Waals surface area contributed by atoms with Crippen LogP contribution in [0.4, 0.5) is 11.4 Å². The predicted molar refractivity (Wildman–Crippen MR) is 142 cm³/mol. The van der Waals surface area contributed by atoms with E-state index in [4.69, 9.17) is 9.47 Å². The van der Waals surface area contributed by atoms with Gasteiger partial charge < -0.3 is 19.4 Å². The van der Waals surface area contributed by atoms with Crippen LogP contribution < -0.4 is 14.8 Å². The summed E-state index contributed by atoms with van der Waals surface area (Å²) in [5.74, 6) is -0.772. The number of benzene rings is 2. The molecule has 0 aliphatic carbocycles. The van der Waals surface area contributed by atoms with Crippen molar-refractivity contribution in [3.05, 3.63) is 65.2 Å². The summed E-state index contributed by atoms with van der Waals surface area (Å²) in [6.07, 6.45) is 4.07. The Balaban J connectivity index is 2.01. The van der Waals surface area contributed by atoms with Crippen molar-refractivity contribution >= 4 is 33.3 Å². The van der Waals surface area contributed by atoms with E-state index in [1.165, 1.54) is 13.4 Å². The molecule has 10 nitrogen and oxygen atoms in total. The Labute approximate surface area is 217 Å². The Morgan fingerprint density at radius 3 is 2.38 bits per heavy atom. The highest BCUT2D eigenvalue weighted by Crippen LogP contribution is 2.39. The summed E-state index contributed by atoms with van der Waals surface area (Å²) in [6, 6.07) is 8.60. The fraction of sp³-hybridized carbons (Fsp3) is 0.346. The number of nitrogens with one attached hydrogen (secondary N) is 2. The third-order valence-electron chi connectivity index (χ3n) is 5.52. The smallest absolute Gasteiger partial charge is 0.358 e. The van der Waals surface area contributed by atoms with Crippen LogP contribution in [-0.2, 0) is 20.2 Å². The number of ether oxygens (including phenoxy) is 2. The van der Waals surface area contributed by atoms with Crippen molar-refractivity contribution in [1.29, 1.82) is 0 Å². The maximum atomic E-state index is 13.3. The lowest BCUT2D eigenvalue weighted by Crippen LogP contribution is -2.18. The summed E-state index contributed by atoms with van der Waals surface area (Å²) < 4.78 is 38.6. The van der Waals surface area contributed by atoms with Crippen molar-refractivity contribution in [3.8, 4) is 11.4 Å². The lowest BCUT2D eigenvalue weighted by molar-refractivity contribution is 0.0520. The van der Waals surface area contributed by atoms with Gasteiger partial charge in [-0.1, -0.05) is 26.8 Å². The van der Waals surface area contributed by atoms with Crippen LogP contribution >= 0.6 is 0 Å². The van der Waals surface area contributed by atoms with Crippen LogP contribution in [0, 0.1) is 6.92 Å². The summed E-state index contributed by atoms with van der Waals surface area (Å²) in [6.45, 7) is 9.76. The number of aromatic nitrogens is 2. The molecular weight excluding hydrogens is 496 g/mol. The number of hydrogen-bond acceptors (Lipinski definition) is 7. The second-order valence-electron chi connectivity index (χ2n) is 9.57. The molecule has 1 aromatic heterocycles. The number of esters is 1. The predicted octanol–water partition coefficient (Wildman–Crippen LogP) is 4.29. The SMILES string of the molecule is CCOC(=O)c1cn(-c2cc(C(=O)Nc3cc(C(C)(C)C)cc(NS(C)(=O)=O)c3OC)ccc2C)cn1. The molecule has 0 radical (unpaired) electrons. The maximum absolute atomic E-state index is 13.3. The van der Waals surface area contributed by atoms with Gasteiger partial charge in [0.1, 0.15) is 6.33 Å². The number of rotatable bonds is 8. The molecule has 11 heteroatoms. The zero-order chi connectivity index (χ0) is 27.5. The largest absolute Gasteiger partial charge is 0.492 e. The summed E-state index contributed by atoms with van der Waals surface area (Å²) in [5.41, 5.74) is 3.02. The number of imidazole rings is 1. The molecule has 0 fully saturated rings. The lowest BCUT2D eigenvalue weighted by Gasteiger charge is -2.24. The minimum absolute atomic E-state index is 0.158. The highest BCUT2D eigenvalue weighted by atomic mass is 32.2. The molecule has 1 heterocycles. The fourth-order valence-electron chi connectivity index (χ4n) is 3.64. The Hall–Kier alpha value is -3.86. The molecule has 2 aromatic carbocycles. The highest BCUT2D eigenvalue weighted by Gasteiger charge is 2.23. The Morgan fingerprint density at radius 2 is 1.78 bits per heavy atom. The molecule has 37 heavy (non-hydrogen) atoms. The Bertz CT molecular complexity index is 1440. The van der Waals surface area contributed by atoms with Gasteiger partial charge in [0.05, 0.1) is 37.0 Å². The van der Waals surface area contributed by atoms with Crippen LogP contribution in [0.2, 0.25) is 0 Å². The van der Waals surface area contributed by atoms with E-state index in [-0.39, 0.29) is 29.2 Å². The second kappa shape index (κ2) is 10.6. The summed E-state index contributed by atoms with van der Waals surface area (Å²) in [5, 5.41) is 2.86. The molecule has 0 aliphatic rings. The summed E-state index contributed by atoms with van der Waals surface area (Å²) >= 11 is 0. The van der Waals surface area contributed by atoms with Crippen LogP contribution in [0.15, 0.2) is 42.9 Å². The molecule has 0 aliphatic heterocycles. The highest BCUT2D eigenvalue weighted by molar-refractivity contribution is 7.92. The van der Waals surface area contributed by atoms with Crippen molar-refractivity contribution in [2.75, 3.05) is 30.0 Å². The molecule has 0 saturated carbocycles. The van der Waals surface area contributed by atoms with E-state index in [0.29, 0.717) is 16.9 Å². The molecule has 0 saturated heterocycles. The molecule has 0 bridgehead atoms. The zero-order valence-electron chi connectivity index (χ0n) is 22.0. The molecule has 1 amide bonds. The van der Waals surface area contributed by atoms with Crippen LogP contribution in [0.1, 0.15) is 59.7 Å². The molecule has 0 unspecified atom stereocenters. The van der Waals surface area contributed by atoms with Gasteiger partial charge in [-0.2, -0.15) is 0 Å². The standard InChI is InChI=1S/C26H32N4O6S/c1-8-36-25(32)21-14-30(15-27-21)22-11-17(10-9-16(22)2)24(31)28-19-12-18(26(3,4)5)13-20(23(19)35-6)29-37(7,33)34/h9-15,29H,8H2,1-7H3,(H,28,31). The normalized spacial score (nSPS) is 11.6. The first-order valence-corrected chi connectivity index (χ1v) is 13.5. The number of carbonyl (C=O) groups is 2. The summed E-state index contributed by atoms with van der Waals surface area (Å²) in [4.78, 5) is 29.4. The first-order valence-electron chi connectivity index (χ1n) is 11.6. The number of anilines is 2. The molecular formula is C26H32N4O6S. The number of sulfonamides is 1. The van der Waals surface area contributed by atoms with Gasteiger partial charge in [-0.15, -0.1) is 0 Å². The van der Waals surface area contributed by atoms with Crippen molar-refractivity contribution < 1.29 is 27.5 Å². The van der Waals surface area contributed by atoms with E-state index < -0.39 is 21.9 Å². The Morgan fingerprint density at radius 1 is 1.11 bits per heavy atom. The van der Waals surface area contributed by atoms with Gasteiger partial charge in [0.15, 0.2) is 11.4 Å². The van der Waals surface area contributed by atoms with Crippen molar-refractivity contribution in [2.24, 2.45) is 0 Å². The van der Waals surface area contributed by atoms with Crippen molar-refractivity contribution in [1.82, 2.24) is 9.55 Å². The molecule has 0 spiro atoms. The Kier molecular flexibility index (Phi) is 7.97. The number of aryl methyl sites for hydroxylation is 1. The van der Waals surface area contributed by atoms with Crippen LogP contribution in [0.3, 0.4) is 0 Å². The van der Waals surface area contributed by atoms with E-state index in [1.54, 1.807) is 48.0 Å². The van der Waals surface area contributed by atoms with E-state index in [1.807, 2.05) is 27.7 Å². The minimum atomic E-state index is -3.60. The molecule has 3 aromatic rings. The fourth-order valence-corrected chi connectivity index (χ4v) is 4.19. The lowest BCUT2D eigenvalue weighted by atomic mass is 9.86. The van der Waals surface area contributed by atoms with Crippen LogP contribution in [0.5, 0.6) is 5.75 Å². The van der Waals surface area contributed by atoms with Gasteiger partial charge in [-0.25, -0.2) is 18.2 Å². The third kappa shape index (κ3) is 6.67. The number of methoxy groups -OCH3 is 1. The van der Waals surface area contributed by atoms with E-state index >= 15 is 0 Å². The quantitative estimate of drug-likeness (QED) is 0.417. The van der Waals surface area contributed by atoms with Gasteiger partial charge >= 0.3 is 5.97 Å². The average molecular weight is 529 g/mol. The monoisotopic (exact) mass is 528 g/mol. The van der Waals surface area contributed by atoms with Gasteiger partial charge in [-0.05, 0) is 54.7 Å². The van der Waals surface area contributed by atoms with Gasteiger partial charge in [0.25, 0.3) is 5.91 Å². The summed E-state index contributed by atoms with van der Waals surface area (Å²) in [7, 11) is -2.20. The molecule has 198 valence electrons. The van der Waals surface area contributed by atoms with Crippen LogP contribution in [0.25, 0.3) is 5.69 Å². The molecule has 0 atom stereocenters. The number of hydrogen-bond donors (Lipinski definition) is 2. The van der Waals surface area contributed by atoms with E-state index in [2.05, 4.69) is 15.0 Å². The van der Waals surface area contributed by atoms with Crippen molar-refractivity contribution in [2.45, 2.75) is 40.0 Å². The minimum Gasteiger partial charge on any atom is -0.492 e. The van der Waals surface area contributed by atoms with Gasteiger partial charge in [-0.3, -0.25) is 9.52 Å². The second-order valence-corrected chi connectivity index (χ2v) is 11.3. The zero-order valence-corrected chi connectivity index (χ0v) is 22.8. The maximum Gasteiger partial charge on any atom is 0.358 e. The topological polar surface area (TPSA) is 129 Å². The molecule has 3 rings (SSSR count). The van der Waals surface area contributed by atoms with Gasteiger partial charge in [0, 0.05) is 11.8 Å². The first kappa shape index (κ1) is 27.7. The third-order valence-corrected chi connectivity index (χ3v) is 6.11. The van der Waals surface area contributed by atoms with Crippen molar-refractivity contribution in [3.63, 3.8) is 0 Å². The van der Waals surface area contributed by atoms with Gasteiger partial charge in [0.2, 0.25) is 10.0 Å². The first-order chi connectivity index (χ1) is 17.2. The number of carbonyl (C=O) groups excluding carboxylic acids is 2. The van der Waals surface area contributed by atoms with Crippen LogP contribution in [-0.4, -0.2) is 49.8 Å². The van der Waals surface area contributed by atoms with E-state index in [0.717, 1.165) is 17.4 Å². The average Bonchev–Trinajstić information content (AvgIpc) is 3.28. The van der Waals surface area contributed by atoms with E-state index in [9.17, 15) is 18.0 Å². The number of nitrogens with zero attached hydrogens (tertiary/aromatic N) is 2.